The molecule has 1 atom stereocenters. The Kier molecular flexibility index (Phi) is 6.07. The second-order valence-corrected chi connectivity index (χ2v) is 6.29. The van der Waals surface area contributed by atoms with Crippen LogP contribution in [0.25, 0.3) is 0 Å². The Balaban J connectivity index is 1.85. The van der Waals surface area contributed by atoms with Gasteiger partial charge in [-0.05, 0) is 31.2 Å². The number of ether oxygens (including phenoxy) is 1. The van der Waals surface area contributed by atoms with Crippen molar-refractivity contribution in [1.82, 2.24) is 10.2 Å². The maximum Gasteiger partial charge on any atom is 0.0932 e. The second kappa shape index (κ2) is 7.58. The van der Waals surface area contributed by atoms with Crippen molar-refractivity contribution in [2.45, 2.75) is 45.1 Å². The molecule has 2 fully saturated rings. The number of nitrogens with one attached hydrogen (secondary N) is 1. The third-order valence-corrected chi connectivity index (χ3v) is 4.58. The van der Waals surface area contributed by atoms with Gasteiger partial charge >= 0.3 is 0 Å². The van der Waals surface area contributed by atoms with Crippen LogP contribution < -0.4 is 5.32 Å². The quantitative estimate of drug-likeness (QED) is 0.683. The molecule has 1 heterocycles. The summed E-state index contributed by atoms with van der Waals surface area (Å²) in [6, 6.07) is 0. The number of aliphatic hydroxyl groups is 1. The summed E-state index contributed by atoms with van der Waals surface area (Å²) >= 11 is 0. The zero-order chi connectivity index (χ0) is 13.6. The van der Waals surface area contributed by atoms with Crippen LogP contribution in [0.5, 0.6) is 0 Å². The van der Waals surface area contributed by atoms with Gasteiger partial charge in [0.2, 0.25) is 0 Å². The normalized spacial score (nSPS) is 27.8. The lowest BCUT2D eigenvalue weighted by molar-refractivity contribution is -0.0622. The lowest BCUT2D eigenvalue weighted by Crippen LogP contribution is -2.50. The van der Waals surface area contributed by atoms with Crippen molar-refractivity contribution < 1.29 is 9.84 Å². The number of hydrogen-bond acceptors (Lipinski definition) is 4. The Morgan fingerprint density at radius 2 is 2.16 bits per heavy atom. The van der Waals surface area contributed by atoms with Crippen LogP contribution in [-0.2, 0) is 4.74 Å². The Morgan fingerprint density at radius 1 is 1.37 bits per heavy atom. The molecule has 2 aliphatic rings. The van der Waals surface area contributed by atoms with Crippen molar-refractivity contribution in [3.63, 3.8) is 0 Å². The van der Waals surface area contributed by atoms with Gasteiger partial charge in [-0.25, -0.2) is 0 Å². The lowest BCUT2D eigenvalue weighted by atomic mass is 9.85. The zero-order valence-electron chi connectivity index (χ0n) is 12.4. The molecule has 2 rings (SSSR count). The van der Waals surface area contributed by atoms with Gasteiger partial charge < -0.3 is 15.2 Å². The van der Waals surface area contributed by atoms with Gasteiger partial charge in [0.15, 0.2) is 0 Å². The third kappa shape index (κ3) is 4.42. The van der Waals surface area contributed by atoms with Crippen molar-refractivity contribution in [3.05, 3.63) is 0 Å². The van der Waals surface area contributed by atoms with E-state index in [1.165, 1.54) is 38.6 Å². The molecule has 1 saturated carbocycles. The van der Waals surface area contributed by atoms with Crippen molar-refractivity contribution in [3.8, 4) is 0 Å². The van der Waals surface area contributed by atoms with Gasteiger partial charge in [0.25, 0.3) is 0 Å². The monoisotopic (exact) mass is 270 g/mol. The molecule has 1 aliphatic heterocycles. The molecule has 2 N–H and O–H groups in total. The van der Waals surface area contributed by atoms with E-state index >= 15 is 0 Å². The van der Waals surface area contributed by atoms with Crippen LogP contribution in [0, 0.1) is 5.41 Å². The average Bonchev–Trinajstić information content (AvgIpc) is 2.88. The van der Waals surface area contributed by atoms with Gasteiger partial charge in [0, 0.05) is 26.2 Å². The Labute approximate surface area is 117 Å². The van der Waals surface area contributed by atoms with E-state index in [2.05, 4.69) is 17.1 Å². The minimum Gasteiger partial charge on any atom is -0.394 e. The van der Waals surface area contributed by atoms with Gasteiger partial charge in [-0.1, -0.05) is 19.8 Å². The highest BCUT2D eigenvalue weighted by Crippen LogP contribution is 2.38. The highest BCUT2D eigenvalue weighted by Gasteiger charge is 2.36. The molecule has 0 amide bonds. The lowest BCUT2D eigenvalue weighted by Gasteiger charge is -2.39. The fourth-order valence-corrected chi connectivity index (χ4v) is 3.55. The number of rotatable bonds is 7. The molecular formula is C15H30N2O2. The number of morpholine rings is 1. The predicted molar refractivity (Wildman–Crippen MR) is 77.3 cm³/mol. The molecule has 112 valence electrons. The minimum absolute atomic E-state index is 0.0239. The van der Waals surface area contributed by atoms with Crippen molar-refractivity contribution in [2.75, 3.05) is 45.9 Å². The number of nitrogens with zero attached hydrogens (tertiary/aromatic N) is 1. The Hall–Kier alpha value is -0.160. The number of hydrogen-bond donors (Lipinski definition) is 2. The van der Waals surface area contributed by atoms with Crippen LogP contribution in [0.4, 0.5) is 0 Å². The van der Waals surface area contributed by atoms with E-state index in [9.17, 15) is 5.11 Å². The number of aliphatic hydroxyl groups excluding tert-OH is 1. The summed E-state index contributed by atoms with van der Waals surface area (Å²) in [7, 11) is 0. The zero-order valence-corrected chi connectivity index (χ0v) is 12.4. The largest absolute Gasteiger partial charge is 0.394 e. The minimum atomic E-state index is 0.0239. The fraction of sp³-hybridized carbons (Fsp3) is 1.00. The summed E-state index contributed by atoms with van der Waals surface area (Å²) in [6.07, 6.45) is 6.69. The molecule has 1 unspecified atom stereocenters. The average molecular weight is 270 g/mol. The standard InChI is InChI=1S/C15H30N2O2/c1-2-7-16-12-15(5-3-4-6-15)13-17-8-9-19-14(10-17)11-18/h14,16,18H,2-13H2,1H3. The molecule has 0 spiro atoms. The molecule has 19 heavy (non-hydrogen) atoms. The molecular weight excluding hydrogens is 240 g/mol. The maximum atomic E-state index is 9.24. The van der Waals surface area contributed by atoms with Crippen LogP contribution in [-0.4, -0.2) is 62.0 Å². The van der Waals surface area contributed by atoms with Gasteiger partial charge in [-0.15, -0.1) is 0 Å². The molecule has 1 saturated heterocycles. The van der Waals surface area contributed by atoms with E-state index in [1.807, 2.05) is 0 Å². The molecule has 0 bridgehead atoms. The highest BCUT2D eigenvalue weighted by molar-refractivity contribution is 4.90. The molecule has 0 aromatic carbocycles. The van der Waals surface area contributed by atoms with E-state index in [0.29, 0.717) is 5.41 Å². The summed E-state index contributed by atoms with van der Waals surface area (Å²) < 4.78 is 5.55. The van der Waals surface area contributed by atoms with Crippen LogP contribution in [0.2, 0.25) is 0 Å². The van der Waals surface area contributed by atoms with Gasteiger partial charge in [0.1, 0.15) is 0 Å². The molecule has 0 radical (unpaired) electrons. The summed E-state index contributed by atoms with van der Waals surface area (Å²) in [4.78, 5) is 2.50. The first kappa shape index (κ1) is 15.2. The third-order valence-electron chi connectivity index (χ3n) is 4.58. The van der Waals surface area contributed by atoms with Crippen LogP contribution in [0.3, 0.4) is 0 Å². The summed E-state index contributed by atoms with van der Waals surface area (Å²) in [6.45, 7) is 8.51. The maximum absolute atomic E-state index is 9.24. The molecule has 4 nitrogen and oxygen atoms in total. The van der Waals surface area contributed by atoms with E-state index in [4.69, 9.17) is 4.74 Å². The SMILES string of the molecule is CCCNCC1(CN2CCOC(CO)C2)CCCC1. The first-order chi connectivity index (χ1) is 9.28. The van der Waals surface area contributed by atoms with Crippen LogP contribution in [0.1, 0.15) is 39.0 Å². The Bertz CT molecular complexity index is 255. The van der Waals surface area contributed by atoms with Gasteiger partial charge in [0.05, 0.1) is 19.3 Å². The smallest absolute Gasteiger partial charge is 0.0932 e. The van der Waals surface area contributed by atoms with Gasteiger partial charge in [-0.3, -0.25) is 4.90 Å². The first-order valence-corrected chi connectivity index (χ1v) is 7.93. The summed E-state index contributed by atoms with van der Waals surface area (Å²) in [5.74, 6) is 0. The van der Waals surface area contributed by atoms with Crippen molar-refractivity contribution >= 4 is 0 Å². The fourth-order valence-electron chi connectivity index (χ4n) is 3.55. The Morgan fingerprint density at radius 3 is 2.84 bits per heavy atom. The topological polar surface area (TPSA) is 44.7 Å². The van der Waals surface area contributed by atoms with E-state index < -0.39 is 0 Å². The van der Waals surface area contributed by atoms with E-state index in [-0.39, 0.29) is 12.7 Å². The molecule has 4 heteroatoms. The summed E-state index contributed by atoms with van der Waals surface area (Å²) in [5, 5.41) is 12.9. The van der Waals surface area contributed by atoms with Crippen molar-refractivity contribution in [2.24, 2.45) is 5.41 Å². The van der Waals surface area contributed by atoms with Crippen LogP contribution >= 0.6 is 0 Å². The summed E-state index contributed by atoms with van der Waals surface area (Å²) in [5.41, 5.74) is 0.465. The molecule has 1 aliphatic carbocycles. The predicted octanol–water partition coefficient (Wildman–Crippen LogP) is 1.24. The second-order valence-electron chi connectivity index (χ2n) is 6.29. The van der Waals surface area contributed by atoms with Crippen LogP contribution in [0.15, 0.2) is 0 Å². The van der Waals surface area contributed by atoms with Gasteiger partial charge in [-0.2, -0.15) is 0 Å². The highest BCUT2D eigenvalue weighted by atomic mass is 16.5. The molecule has 0 aromatic heterocycles. The van der Waals surface area contributed by atoms with E-state index in [1.54, 1.807) is 0 Å². The van der Waals surface area contributed by atoms with E-state index in [0.717, 1.165) is 32.8 Å². The van der Waals surface area contributed by atoms with Crippen molar-refractivity contribution in [1.29, 1.82) is 0 Å². The first-order valence-electron chi connectivity index (χ1n) is 7.93. The molecule has 0 aromatic rings.